The van der Waals surface area contributed by atoms with Gasteiger partial charge in [-0.3, -0.25) is 9.59 Å². The van der Waals surface area contributed by atoms with E-state index in [1.165, 1.54) is 0 Å². The molecule has 0 spiro atoms. The van der Waals surface area contributed by atoms with E-state index in [0.717, 1.165) is 24.8 Å². The molecule has 3 fully saturated rings. The van der Waals surface area contributed by atoms with Crippen molar-refractivity contribution in [3.05, 3.63) is 23.8 Å². The Morgan fingerprint density at radius 3 is 2.81 bits per heavy atom. The van der Waals surface area contributed by atoms with Crippen molar-refractivity contribution in [1.29, 1.82) is 0 Å². The lowest BCUT2D eigenvalue weighted by molar-refractivity contribution is -0.141. The quantitative estimate of drug-likeness (QED) is 0.691. The van der Waals surface area contributed by atoms with Crippen LogP contribution in [0.25, 0.3) is 0 Å². The van der Waals surface area contributed by atoms with Crippen LogP contribution in [-0.4, -0.2) is 40.5 Å². The molecule has 0 aromatic carbocycles. The maximum absolute atomic E-state index is 12.4. The lowest BCUT2D eigenvalue weighted by Gasteiger charge is -2.58. The lowest BCUT2D eigenvalue weighted by Crippen LogP contribution is -2.56. The van der Waals surface area contributed by atoms with Gasteiger partial charge >= 0.3 is 0 Å². The van der Waals surface area contributed by atoms with Crippen LogP contribution in [0.1, 0.15) is 39.5 Å². The van der Waals surface area contributed by atoms with Crippen molar-refractivity contribution in [2.75, 3.05) is 6.61 Å². The highest BCUT2D eigenvalue weighted by molar-refractivity contribution is 6.01. The molecule has 5 heteroatoms. The molecule has 0 saturated heterocycles. The summed E-state index contributed by atoms with van der Waals surface area (Å²) in [6.45, 7) is 3.73. The molecule has 0 heterocycles. The van der Waals surface area contributed by atoms with E-state index < -0.39 is 12.7 Å². The molecule has 5 nitrogen and oxygen atoms in total. The van der Waals surface area contributed by atoms with Crippen molar-refractivity contribution in [1.82, 2.24) is 0 Å². The smallest absolute Gasteiger partial charge is 0.178 e. The Labute approximate surface area is 154 Å². The minimum atomic E-state index is -0.549. The molecular formula is C21H29NO4. The van der Waals surface area contributed by atoms with E-state index in [1.807, 2.05) is 6.08 Å². The van der Waals surface area contributed by atoms with Crippen molar-refractivity contribution in [3.8, 4) is 0 Å². The van der Waals surface area contributed by atoms with Crippen LogP contribution >= 0.6 is 0 Å². The molecule has 0 bridgehead atoms. The van der Waals surface area contributed by atoms with Gasteiger partial charge in [0.1, 0.15) is 6.61 Å². The lowest BCUT2D eigenvalue weighted by atomic mass is 9.46. The van der Waals surface area contributed by atoms with Crippen LogP contribution in [0.2, 0.25) is 0 Å². The van der Waals surface area contributed by atoms with E-state index in [4.69, 9.17) is 5.73 Å². The van der Waals surface area contributed by atoms with Crippen LogP contribution in [0.15, 0.2) is 23.8 Å². The molecule has 26 heavy (non-hydrogen) atoms. The molecule has 0 aromatic rings. The fourth-order valence-electron chi connectivity index (χ4n) is 7.13. The van der Waals surface area contributed by atoms with E-state index in [0.29, 0.717) is 6.42 Å². The molecule has 8 atom stereocenters. The third-order valence-electron chi connectivity index (χ3n) is 8.10. The Balaban J connectivity index is 1.74. The Morgan fingerprint density at radius 2 is 2.12 bits per heavy atom. The maximum Gasteiger partial charge on any atom is 0.178 e. The summed E-state index contributed by atoms with van der Waals surface area (Å²) in [4.78, 5) is 24.2. The zero-order valence-corrected chi connectivity index (χ0v) is 15.5. The summed E-state index contributed by atoms with van der Waals surface area (Å²) >= 11 is 0. The molecule has 0 radical (unpaired) electrons. The summed E-state index contributed by atoms with van der Waals surface area (Å²) in [5, 5.41) is 20.6. The molecule has 4 unspecified atom stereocenters. The SMILES string of the molecule is C[C@]12C[C@@H](O)C3C(CCC4=CC(=O)C=C[C@@]43C)C1C[C@H](N)C2C(=O)CO. The van der Waals surface area contributed by atoms with Gasteiger partial charge in [-0.15, -0.1) is 0 Å². The first kappa shape index (κ1) is 18.1. The van der Waals surface area contributed by atoms with E-state index in [2.05, 4.69) is 13.8 Å². The van der Waals surface area contributed by atoms with E-state index in [-0.39, 0.29) is 52.1 Å². The normalized spacial score (nSPS) is 49.9. The second-order valence-electron chi connectivity index (χ2n) is 9.30. The summed E-state index contributed by atoms with van der Waals surface area (Å²) in [5.74, 6) is 0.0185. The standard InChI is InChI=1S/C21H29NO4/c1-20-6-5-12(24)7-11(20)3-4-13-14-8-15(22)19(17(26)10-23)21(14,2)9-16(25)18(13)20/h5-7,13-16,18-19,23,25H,3-4,8-10,22H2,1-2H3/t13?,14?,15-,16+,18?,19?,20-,21-/m0/s1. The largest absolute Gasteiger partial charge is 0.393 e. The number of hydrogen-bond donors (Lipinski definition) is 3. The van der Waals surface area contributed by atoms with Gasteiger partial charge < -0.3 is 15.9 Å². The Kier molecular flexibility index (Phi) is 4.07. The Bertz CT molecular complexity index is 713. The van der Waals surface area contributed by atoms with Gasteiger partial charge in [0, 0.05) is 23.3 Å². The van der Waals surface area contributed by atoms with Crippen LogP contribution in [0.4, 0.5) is 0 Å². The van der Waals surface area contributed by atoms with Crippen molar-refractivity contribution >= 4 is 11.6 Å². The second kappa shape index (κ2) is 5.85. The van der Waals surface area contributed by atoms with Crippen molar-refractivity contribution < 1.29 is 19.8 Å². The van der Waals surface area contributed by atoms with Crippen LogP contribution in [0, 0.1) is 34.5 Å². The van der Waals surface area contributed by atoms with E-state index in [9.17, 15) is 19.8 Å². The number of hydrogen-bond acceptors (Lipinski definition) is 5. The number of allylic oxidation sites excluding steroid dienone is 4. The third-order valence-corrected chi connectivity index (χ3v) is 8.10. The third kappa shape index (κ3) is 2.26. The molecule has 4 rings (SSSR count). The summed E-state index contributed by atoms with van der Waals surface area (Å²) in [5.41, 5.74) is 6.82. The van der Waals surface area contributed by atoms with E-state index in [1.54, 1.807) is 12.2 Å². The van der Waals surface area contributed by atoms with Gasteiger partial charge in [-0.25, -0.2) is 0 Å². The topological polar surface area (TPSA) is 101 Å². The number of fused-ring (bicyclic) bond motifs is 5. The molecule has 0 amide bonds. The summed E-state index contributed by atoms with van der Waals surface area (Å²) < 4.78 is 0. The van der Waals surface area contributed by atoms with Gasteiger partial charge in [-0.1, -0.05) is 25.5 Å². The van der Waals surface area contributed by atoms with Crippen LogP contribution in [0.3, 0.4) is 0 Å². The van der Waals surface area contributed by atoms with Gasteiger partial charge in [0.15, 0.2) is 11.6 Å². The molecule has 0 aliphatic heterocycles. The number of aliphatic hydroxyl groups excluding tert-OH is 2. The van der Waals surface area contributed by atoms with Crippen molar-refractivity contribution in [3.63, 3.8) is 0 Å². The Morgan fingerprint density at radius 1 is 1.38 bits per heavy atom. The molecule has 3 saturated carbocycles. The number of nitrogens with two attached hydrogens (primary N) is 1. The highest BCUT2D eigenvalue weighted by atomic mass is 16.3. The predicted octanol–water partition coefficient (Wildman–Crippen LogP) is 1.38. The van der Waals surface area contributed by atoms with Gasteiger partial charge in [0.05, 0.1) is 6.10 Å². The highest BCUT2D eigenvalue weighted by Crippen LogP contribution is 2.65. The average Bonchev–Trinajstić information content (AvgIpc) is 2.84. The minimum Gasteiger partial charge on any atom is -0.393 e. The number of ketones is 2. The molecule has 0 aromatic heterocycles. The number of aliphatic hydroxyl groups is 2. The molecular weight excluding hydrogens is 330 g/mol. The first-order valence-electron chi connectivity index (χ1n) is 9.74. The summed E-state index contributed by atoms with van der Waals surface area (Å²) in [6, 6.07) is -0.260. The van der Waals surface area contributed by atoms with Gasteiger partial charge in [-0.2, -0.15) is 0 Å². The molecule has 4 aliphatic rings. The fraction of sp³-hybridized carbons (Fsp3) is 0.714. The first-order valence-corrected chi connectivity index (χ1v) is 9.74. The second-order valence-corrected chi connectivity index (χ2v) is 9.30. The zero-order valence-electron chi connectivity index (χ0n) is 15.5. The molecule has 4 aliphatic carbocycles. The monoisotopic (exact) mass is 359 g/mol. The van der Waals surface area contributed by atoms with Gasteiger partial charge in [-0.05, 0) is 55.1 Å². The summed E-state index contributed by atoms with van der Waals surface area (Å²) in [6.07, 6.45) is 7.86. The first-order chi connectivity index (χ1) is 12.2. The van der Waals surface area contributed by atoms with Gasteiger partial charge in [0.2, 0.25) is 0 Å². The zero-order chi connectivity index (χ0) is 18.9. The number of rotatable bonds is 2. The fourth-order valence-corrected chi connectivity index (χ4v) is 7.13. The van der Waals surface area contributed by atoms with Gasteiger partial charge in [0.25, 0.3) is 0 Å². The predicted molar refractivity (Wildman–Crippen MR) is 96.9 cm³/mol. The minimum absolute atomic E-state index is 0.0301. The average molecular weight is 359 g/mol. The Hall–Kier alpha value is -1.30. The molecule has 142 valence electrons. The van der Waals surface area contributed by atoms with Crippen LogP contribution in [0.5, 0.6) is 0 Å². The van der Waals surface area contributed by atoms with Crippen LogP contribution in [-0.2, 0) is 9.59 Å². The highest BCUT2D eigenvalue weighted by Gasteiger charge is 2.64. The maximum atomic E-state index is 12.4. The van der Waals surface area contributed by atoms with E-state index >= 15 is 0 Å². The molecule has 4 N–H and O–H groups in total. The number of Topliss-reactive ketones (excluding diaryl/α,β-unsaturated/α-hetero) is 1. The summed E-state index contributed by atoms with van der Waals surface area (Å²) in [7, 11) is 0. The van der Waals surface area contributed by atoms with Crippen molar-refractivity contribution in [2.24, 2.45) is 40.2 Å². The van der Waals surface area contributed by atoms with Crippen LogP contribution < -0.4 is 5.73 Å². The van der Waals surface area contributed by atoms with Crippen molar-refractivity contribution in [2.45, 2.75) is 51.7 Å². The number of carbonyl (C=O) groups is 2. The number of carbonyl (C=O) groups excluding carboxylic acids is 2.